The number of nitrogens with one attached hydrogen (secondary N) is 1. The molecule has 2 atom stereocenters. The zero-order valence-electron chi connectivity index (χ0n) is 12.5. The molecule has 0 aromatic carbocycles. The average Bonchev–Trinajstić information content (AvgIpc) is 2.87. The molecule has 106 valence electrons. The lowest BCUT2D eigenvalue weighted by molar-refractivity contribution is 0.536. The Balaban J connectivity index is 2.16. The molecule has 1 aromatic heterocycles. The number of nitrogens with zero attached hydrogens (tertiary/aromatic N) is 2. The van der Waals surface area contributed by atoms with Crippen LogP contribution in [0.5, 0.6) is 0 Å². The van der Waals surface area contributed by atoms with E-state index in [-0.39, 0.29) is 0 Å². The fraction of sp³-hybridized carbons (Fsp3) is 0.733. The molecule has 0 bridgehead atoms. The van der Waals surface area contributed by atoms with Gasteiger partial charge in [0.15, 0.2) is 0 Å². The van der Waals surface area contributed by atoms with Crippen LogP contribution in [-0.4, -0.2) is 29.3 Å². The molecule has 2 unspecified atom stereocenters. The van der Waals surface area contributed by atoms with Crippen LogP contribution < -0.4 is 5.32 Å². The summed E-state index contributed by atoms with van der Waals surface area (Å²) in [5.74, 6) is 2.94. The van der Waals surface area contributed by atoms with Crippen molar-refractivity contribution in [3.05, 3.63) is 22.8 Å². The van der Waals surface area contributed by atoms with Gasteiger partial charge in [-0.3, -0.25) is 0 Å². The van der Waals surface area contributed by atoms with E-state index in [0.717, 1.165) is 18.8 Å². The van der Waals surface area contributed by atoms with E-state index in [1.807, 2.05) is 18.8 Å². The van der Waals surface area contributed by atoms with E-state index in [9.17, 15) is 0 Å². The molecular formula is C15H25N3S. The minimum atomic E-state index is 0.529. The van der Waals surface area contributed by atoms with Gasteiger partial charge in [-0.1, -0.05) is 6.92 Å². The number of rotatable bonds is 5. The Bertz CT molecular complexity index is 404. The first-order chi connectivity index (χ1) is 9.11. The molecule has 0 saturated carbocycles. The molecule has 0 aliphatic carbocycles. The van der Waals surface area contributed by atoms with Gasteiger partial charge in [-0.05, 0) is 63.9 Å². The van der Waals surface area contributed by atoms with Crippen molar-refractivity contribution in [3.8, 4) is 0 Å². The van der Waals surface area contributed by atoms with Crippen LogP contribution >= 0.6 is 11.8 Å². The van der Waals surface area contributed by atoms with Crippen molar-refractivity contribution >= 4 is 11.8 Å². The van der Waals surface area contributed by atoms with Crippen LogP contribution in [-0.2, 0) is 6.42 Å². The third kappa shape index (κ3) is 3.69. The molecule has 3 nitrogen and oxygen atoms in total. The van der Waals surface area contributed by atoms with E-state index in [4.69, 9.17) is 9.97 Å². The maximum Gasteiger partial charge on any atom is 0.141 e. The van der Waals surface area contributed by atoms with Gasteiger partial charge in [-0.2, -0.15) is 11.8 Å². The Hall–Kier alpha value is -0.610. The van der Waals surface area contributed by atoms with Gasteiger partial charge in [-0.15, -0.1) is 0 Å². The number of aryl methyl sites for hydroxylation is 2. The summed E-state index contributed by atoms with van der Waals surface area (Å²) in [7, 11) is 2.01. The fourth-order valence-corrected chi connectivity index (χ4v) is 3.96. The number of thioether (sulfide) groups is 1. The lowest BCUT2D eigenvalue weighted by atomic mass is 9.98. The predicted octanol–water partition coefficient (Wildman–Crippen LogP) is 3.06. The highest BCUT2D eigenvalue weighted by molar-refractivity contribution is 7.99. The van der Waals surface area contributed by atoms with Crippen LogP contribution in [0.25, 0.3) is 0 Å². The molecule has 19 heavy (non-hydrogen) atoms. The largest absolute Gasteiger partial charge is 0.319 e. The van der Waals surface area contributed by atoms with E-state index in [0.29, 0.717) is 11.2 Å². The Kier molecular flexibility index (Phi) is 5.22. The van der Waals surface area contributed by atoms with Gasteiger partial charge in [-0.25, -0.2) is 9.97 Å². The molecule has 0 radical (unpaired) electrons. The van der Waals surface area contributed by atoms with Crippen molar-refractivity contribution in [2.24, 2.45) is 5.92 Å². The second-order valence-corrected chi connectivity index (χ2v) is 6.91. The highest BCUT2D eigenvalue weighted by Crippen LogP contribution is 2.38. The van der Waals surface area contributed by atoms with Gasteiger partial charge in [0.25, 0.3) is 0 Å². The summed E-state index contributed by atoms with van der Waals surface area (Å²) in [6.45, 7) is 7.59. The molecule has 1 fully saturated rings. The summed E-state index contributed by atoms with van der Waals surface area (Å²) in [4.78, 5) is 9.55. The molecule has 1 N–H and O–H groups in total. The van der Waals surface area contributed by atoms with Crippen LogP contribution in [0.3, 0.4) is 0 Å². The summed E-state index contributed by atoms with van der Waals surface area (Å²) >= 11 is 2.01. The number of aromatic nitrogens is 2. The maximum absolute atomic E-state index is 4.78. The third-order valence-electron chi connectivity index (χ3n) is 3.76. The van der Waals surface area contributed by atoms with Crippen molar-refractivity contribution in [2.45, 2.75) is 45.3 Å². The minimum absolute atomic E-state index is 0.529. The van der Waals surface area contributed by atoms with Crippen LogP contribution in [0.15, 0.2) is 0 Å². The summed E-state index contributed by atoms with van der Waals surface area (Å²) in [5.41, 5.74) is 3.70. The van der Waals surface area contributed by atoms with Crippen molar-refractivity contribution in [2.75, 3.05) is 19.3 Å². The van der Waals surface area contributed by atoms with Crippen molar-refractivity contribution in [1.29, 1.82) is 0 Å². The Morgan fingerprint density at radius 2 is 2.00 bits per heavy atom. The second kappa shape index (κ2) is 6.71. The molecule has 2 heterocycles. The zero-order valence-corrected chi connectivity index (χ0v) is 13.3. The van der Waals surface area contributed by atoms with Gasteiger partial charge in [0, 0.05) is 11.4 Å². The Morgan fingerprint density at radius 1 is 1.32 bits per heavy atom. The second-order valence-electron chi connectivity index (χ2n) is 5.60. The van der Waals surface area contributed by atoms with Crippen molar-refractivity contribution < 1.29 is 0 Å². The first-order valence-corrected chi connectivity index (χ1v) is 8.27. The van der Waals surface area contributed by atoms with E-state index in [2.05, 4.69) is 26.1 Å². The molecule has 1 aliphatic rings. The monoisotopic (exact) mass is 279 g/mol. The zero-order chi connectivity index (χ0) is 13.8. The van der Waals surface area contributed by atoms with E-state index >= 15 is 0 Å². The summed E-state index contributed by atoms with van der Waals surface area (Å²) < 4.78 is 0. The first-order valence-electron chi connectivity index (χ1n) is 7.22. The summed E-state index contributed by atoms with van der Waals surface area (Å²) in [6.07, 6.45) is 3.60. The molecule has 0 spiro atoms. The van der Waals surface area contributed by atoms with E-state index in [1.165, 1.54) is 35.5 Å². The molecule has 1 aromatic rings. The third-order valence-corrected chi connectivity index (χ3v) is 5.13. The van der Waals surface area contributed by atoms with Gasteiger partial charge >= 0.3 is 0 Å². The van der Waals surface area contributed by atoms with Crippen LogP contribution in [0, 0.1) is 19.8 Å². The van der Waals surface area contributed by atoms with Crippen LogP contribution in [0.1, 0.15) is 47.8 Å². The topological polar surface area (TPSA) is 37.8 Å². The fourth-order valence-electron chi connectivity index (χ4n) is 2.76. The summed E-state index contributed by atoms with van der Waals surface area (Å²) in [6, 6.07) is 0. The highest BCUT2D eigenvalue weighted by Gasteiger charge is 2.22. The smallest absolute Gasteiger partial charge is 0.141 e. The van der Waals surface area contributed by atoms with Gasteiger partial charge < -0.3 is 5.32 Å². The van der Waals surface area contributed by atoms with Gasteiger partial charge in [0.1, 0.15) is 5.82 Å². The normalized spacial score (nSPS) is 20.7. The van der Waals surface area contributed by atoms with Gasteiger partial charge in [0.05, 0.1) is 5.25 Å². The van der Waals surface area contributed by atoms with Crippen LogP contribution in [0.4, 0.5) is 0 Å². The quantitative estimate of drug-likeness (QED) is 0.899. The highest BCUT2D eigenvalue weighted by atomic mass is 32.2. The SMILES string of the molecule is CNCC(C)Cc1c(C)nc(C2CCCS2)nc1C. The first kappa shape index (κ1) is 14.8. The molecule has 1 aliphatic heterocycles. The lowest BCUT2D eigenvalue weighted by Crippen LogP contribution is -2.19. The van der Waals surface area contributed by atoms with E-state index < -0.39 is 0 Å². The molecule has 4 heteroatoms. The molecule has 0 amide bonds. The standard InChI is InChI=1S/C15H25N3S/c1-10(9-16-4)8-13-11(2)17-15(18-12(13)3)14-6-5-7-19-14/h10,14,16H,5-9H2,1-4H3. The Morgan fingerprint density at radius 3 is 2.53 bits per heavy atom. The number of hydrogen-bond donors (Lipinski definition) is 1. The minimum Gasteiger partial charge on any atom is -0.319 e. The van der Waals surface area contributed by atoms with Crippen molar-refractivity contribution in [3.63, 3.8) is 0 Å². The molecular weight excluding hydrogens is 254 g/mol. The summed E-state index contributed by atoms with van der Waals surface area (Å²) in [5, 5.41) is 3.77. The number of hydrogen-bond acceptors (Lipinski definition) is 4. The average molecular weight is 279 g/mol. The van der Waals surface area contributed by atoms with Gasteiger partial charge in [0.2, 0.25) is 0 Å². The Labute approximate surface area is 121 Å². The molecule has 2 rings (SSSR count). The van der Waals surface area contributed by atoms with Crippen LogP contribution in [0.2, 0.25) is 0 Å². The van der Waals surface area contributed by atoms with Crippen molar-refractivity contribution in [1.82, 2.24) is 15.3 Å². The van der Waals surface area contributed by atoms with E-state index in [1.54, 1.807) is 0 Å². The predicted molar refractivity (Wildman–Crippen MR) is 82.7 cm³/mol. The molecule has 1 saturated heterocycles. The lowest BCUT2D eigenvalue weighted by Gasteiger charge is -2.16. The maximum atomic E-state index is 4.78.